The fourth-order valence-corrected chi connectivity index (χ4v) is 3.64. The van der Waals surface area contributed by atoms with Gasteiger partial charge in [0.1, 0.15) is 18.7 Å². The van der Waals surface area contributed by atoms with E-state index in [0.29, 0.717) is 24.1 Å². The molecular weight excluding hydrogens is 562 g/mol. The van der Waals surface area contributed by atoms with Crippen LogP contribution in [0.4, 0.5) is 15.3 Å². The normalized spacial score (nSPS) is 12.8. The van der Waals surface area contributed by atoms with Crippen molar-refractivity contribution in [3.05, 3.63) is 29.8 Å². The monoisotopic (exact) mass is 607 g/mol. The zero-order valence-electron chi connectivity index (χ0n) is 25.4. The number of nitrogens with one attached hydrogen (secondary N) is 3. The Morgan fingerprint density at radius 3 is 2.16 bits per heavy atom. The number of carbonyl (C=O) groups excluding carboxylic acids is 5. The Morgan fingerprint density at radius 1 is 0.977 bits per heavy atom. The molecule has 15 heteroatoms. The number of carboxylic acid groups (broad SMARTS) is 1. The molecule has 0 spiro atoms. The van der Waals surface area contributed by atoms with E-state index in [-0.39, 0.29) is 44.4 Å². The lowest BCUT2D eigenvalue weighted by atomic mass is 10.0. The van der Waals surface area contributed by atoms with Crippen LogP contribution in [0, 0.1) is 5.92 Å². The average molecular weight is 608 g/mol. The topological polar surface area (TPSA) is 226 Å². The summed E-state index contributed by atoms with van der Waals surface area (Å²) in [4.78, 5) is 74.3. The van der Waals surface area contributed by atoms with E-state index in [1.807, 2.05) is 0 Å². The number of carbonyl (C=O) groups is 6. The largest absolute Gasteiger partial charge is 0.480 e. The van der Waals surface area contributed by atoms with Gasteiger partial charge in [-0.3, -0.25) is 14.4 Å². The number of aliphatic carboxylic acids is 1. The fourth-order valence-electron chi connectivity index (χ4n) is 3.64. The second-order valence-corrected chi connectivity index (χ2v) is 10.5. The zero-order valence-corrected chi connectivity index (χ0v) is 25.4. The molecule has 43 heavy (non-hydrogen) atoms. The molecule has 0 aromatic heterocycles. The van der Waals surface area contributed by atoms with Crippen molar-refractivity contribution in [3.63, 3.8) is 0 Å². The molecule has 0 aliphatic rings. The predicted molar refractivity (Wildman–Crippen MR) is 159 cm³/mol. The summed E-state index contributed by atoms with van der Waals surface area (Å²) in [6.45, 7) is 5.44. The Bertz CT molecular complexity index is 1110. The molecule has 0 saturated heterocycles. The second kappa shape index (κ2) is 18.2. The molecule has 1 aromatic rings. The van der Waals surface area contributed by atoms with Crippen molar-refractivity contribution in [2.24, 2.45) is 17.4 Å². The van der Waals surface area contributed by atoms with Crippen LogP contribution in [0.5, 0.6) is 0 Å². The molecule has 240 valence electrons. The van der Waals surface area contributed by atoms with E-state index in [4.69, 9.17) is 21.3 Å². The number of rotatable bonds is 17. The molecule has 3 atom stereocenters. The van der Waals surface area contributed by atoms with E-state index in [0.717, 1.165) is 4.90 Å². The molecule has 1 unspecified atom stereocenters. The van der Waals surface area contributed by atoms with Crippen molar-refractivity contribution in [2.45, 2.75) is 71.2 Å². The molecule has 1 rings (SSSR count). The average Bonchev–Trinajstić information content (AvgIpc) is 2.96. The Hall–Kier alpha value is -4.40. The Kier molecular flexibility index (Phi) is 15.5. The van der Waals surface area contributed by atoms with Crippen LogP contribution in [0.1, 0.15) is 52.0 Å². The highest BCUT2D eigenvalue weighted by Gasteiger charge is 2.25. The van der Waals surface area contributed by atoms with E-state index in [2.05, 4.69) is 16.0 Å². The maximum atomic E-state index is 13.0. The van der Waals surface area contributed by atoms with Gasteiger partial charge in [0, 0.05) is 39.3 Å². The number of nitrogens with two attached hydrogens (primary N) is 2. The number of ether oxygens (including phenoxy) is 1. The third-order valence-corrected chi connectivity index (χ3v) is 6.73. The van der Waals surface area contributed by atoms with Crippen molar-refractivity contribution in [3.8, 4) is 0 Å². The van der Waals surface area contributed by atoms with Crippen molar-refractivity contribution in [2.75, 3.05) is 32.5 Å². The SMILES string of the molecule is CC(C)[C@H](N)C(=O)N[C@@H](CCCNC(N)=O)C(=O)Nc1ccc(COC(=O)N(C)CCCC(=O)N(C)C(C)C(=O)O)cc1. The quantitative estimate of drug-likeness (QED) is 0.138. The number of likely N-dealkylation sites (N-methyl/N-ethyl adjacent to an activating group) is 1. The number of carboxylic acids is 1. The molecule has 0 saturated carbocycles. The summed E-state index contributed by atoms with van der Waals surface area (Å²) in [5.41, 5.74) is 12.1. The van der Waals surface area contributed by atoms with Gasteiger partial charge in [0.05, 0.1) is 6.04 Å². The third kappa shape index (κ3) is 13.4. The molecule has 15 nitrogen and oxygen atoms in total. The Labute approximate surface area is 251 Å². The van der Waals surface area contributed by atoms with E-state index >= 15 is 0 Å². The first-order valence-corrected chi connectivity index (χ1v) is 14.0. The van der Waals surface area contributed by atoms with Gasteiger partial charge in [-0.25, -0.2) is 14.4 Å². The molecule has 0 fully saturated rings. The van der Waals surface area contributed by atoms with Crippen LogP contribution in [-0.2, 0) is 30.5 Å². The maximum absolute atomic E-state index is 13.0. The molecule has 0 aliphatic carbocycles. The lowest BCUT2D eigenvalue weighted by Crippen LogP contribution is -2.51. The minimum absolute atomic E-state index is 0.0339. The van der Waals surface area contributed by atoms with Crippen molar-refractivity contribution >= 4 is 41.5 Å². The van der Waals surface area contributed by atoms with Crippen LogP contribution in [0.15, 0.2) is 24.3 Å². The summed E-state index contributed by atoms with van der Waals surface area (Å²) in [5, 5.41) is 16.9. The molecule has 0 radical (unpaired) electrons. The van der Waals surface area contributed by atoms with Gasteiger partial charge >= 0.3 is 18.1 Å². The number of hydrogen-bond acceptors (Lipinski definition) is 8. The molecule has 8 N–H and O–H groups in total. The predicted octanol–water partition coefficient (Wildman–Crippen LogP) is 0.822. The summed E-state index contributed by atoms with van der Waals surface area (Å²) >= 11 is 0. The van der Waals surface area contributed by atoms with E-state index < -0.39 is 48.0 Å². The smallest absolute Gasteiger partial charge is 0.409 e. The minimum Gasteiger partial charge on any atom is -0.480 e. The molecule has 0 aliphatic heterocycles. The maximum Gasteiger partial charge on any atom is 0.409 e. The lowest BCUT2D eigenvalue weighted by molar-refractivity contribution is -0.148. The van der Waals surface area contributed by atoms with Crippen LogP contribution < -0.4 is 27.4 Å². The number of benzene rings is 1. The summed E-state index contributed by atoms with van der Waals surface area (Å²) in [7, 11) is 2.95. The number of nitrogens with zero attached hydrogens (tertiary/aromatic N) is 2. The summed E-state index contributed by atoms with van der Waals surface area (Å²) < 4.78 is 5.31. The summed E-state index contributed by atoms with van der Waals surface area (Å²) in [6, 6.07) is 3.25. The highest BCUT2D eigenvalue weighted by Crippen LogP contribution is 2.13. The van der Waals surface area contributed by atoms with Crippen LogP contribution in [0.25, 0.3) is 0 Å². The number of anilines is 1. The van der Waals surface area contributed by atoms with Crippen LogP contribution in [0.2, 0.25) is 0 Å². The van der Waals surface area contributed by atoms with Gasteiger partial charge < -0.3 is 47.1 Å². The first-order chi connectivity index (χ1) is 20.1. The Morgan fingerprint density at radius 2 is 1.60 bits per heavy atom. The van der Waals surface area contributed by atoms with Crippen molar-refractivity contribution in [1.29, 1.82) is 0 Å². The van der Waals surface area contributed by atoms with Gasteiger partial charge in [0.2, 0.25) is 17.7 Å². The third-order valence-electron chi connectivity index (χ3n) is 6.73. The fraction of sp³-hybridized carbons (Fsp3) is 0.571. The number of hydrogen-bond donors (Lipinski definition) is 6. The molecular formula is C28H45N7O8. The van der Waals surface area contributed by atoms with E-state index in [1.165, 1.54) is 25.9 Å². The number of primary amides is 1. The van der Waals surface area contributed by atoms with Gasteiger partial charge in [0.15, 0.2) is 0 Å². The number of amides is 6. The number of urea groups is 1. The van der Waals surface area contributed by atoms with E-state index in [1.54, 1.807) is 38.1 Å². The highest BCUT2D eigenvalue weighted by molar-refractivity contribution is 5.97. The van der Waals surface area contributed by atoms with Crippen molar-refractivity contribution < 1.29 is 38.6 Å². The van der Waals surface area contributed by atoms with Gasteiger partial charge in [-0.05, 0) is 49.8 Å². The van der Waals surface area contributed by atoms with Crippen LogP contribution in [0.3, 0.4) is 0 Å². The van der Waals surface area contributed by atoms with Crippen molar-refractivity contribution in [1.82, 2.24) is 20.4 Å². The summed E-state index contributed by atoms with van der Waals surface area (Å²) in [5.74, 6) is -2.50. The molecule has 0 heterocycles. The molecule has 1 aromatic carbocycles. The van der Waals surface area contributed by atoms with Gasteiger partial charge in [-0.1, -0.05) is 26.0 Å². The Balaban J connectivity index is 2.62. The molecule has 0 bridgehead atoms. The zero-order chi connectivity index (χ0) is 32.7. The van der Waals surface area contributed by atoms with Crippen LogP contribution >= 0.6 is 0 Å². The first-order valence-electron chi connectivity index (χ1n) is 14.0. The second-order valence-electron chi connectivity index (χ2n) is 10.5. The minimum atomic E-state index is -1.10. The highest BCUT2D eigenvalue weighted by atomic mass is 16.6. The van der Waals surface area contributed by atoms with Gasteiger partial charge in [-0.2, -0.15) is 0 Å². The molecule has 6 amide bonds. The van der Waals surface area contributed by atoms with Gasteiger partial charge in [-0.15, -0.1) is 0 Å². The van der Waals surface area contributed by atoms with Gasteiger partial charge in [0.25, 0.3) is 0 Å². The van der Waals surface area contributed by atoms with E-state index in [9.17, 15) is 28.8 Å². The first kappa shape index (κ1) is 36.6. The lowest BCUT2D eigenvalue weighted by Gasteiger charge is -2.22. The standard InChI is InChI=1S/C28H45N7O8/c1-17(2)23(29)25(38)33-21(8-6-14-31-27(30)41)24(37)32-20-12-10-19(11-13-20)16-43-28(42)34(4)15-7-9-22(36)35(5)18(3)26(39)40/h10-13,17-18,21,23H,6-9,14-16,29H2,1-5H3,(H,32,37)(H,33,38)(H,39,40)(H3,30,31,41)/t18?,21-,23-/m0/s1. The summed E-state index contributed by atoms with van der Waals surface area (Å²) in [6.07, 6.45) is 0.437. The van der Waals surface area contributed by atoms with Crippen LogP contribution in [-0.4, -0.2) is 96.0 Å².